The van der Waals surface area contributed by atoms with Crippen molar-refractivity contribution in [1.29, 1.82) is 0 Å². The van der Waals surface area contributed by atoms with Crippen LogP contribution < -0.4 is 5.73 Å². The van der Waals surface area contributed by atoms with E-state index in [-0.39, 0.29) is 6.04 Å². The van der Waals surface area contributed by atoms with Crippen LogP contribution in [0, 0.1) is 13.8 Å². The van der Waals surface area contributed by atoms with Crippen LogP contribution in [0.5, 0.6) is 0 Å². The van der Waals surface area contributed by atoms with Gasteiger partial charge in [-0.3, -0.25) is 0 Å². The first-order valence-electron chi connectivity index (χ1n) is 5.85. The van der Waals surface area contributed by atoms with Crippen LogP contribution in [0.15, 0.2) is 18.3 Å². The zero-order valence-corrected chi connectivity index (χ0v) is 10.2. The van der Waals surface area contributed by atoms with Crippen molar-refractivity contribution < 1.29 is 0 Å². The SMILES string of the molecule is CCCC(N)c1c(C)nc2c(C)cccn12. The Morgan fingerprint density at radius 3 is 2.88 bits per heavy atom. The van der Waals surface area contributed by atoms with Gasteiger partial charge in [0.05, 0.1) is 11.4 Å². The summed E-state index contributed by atoms with van der Waals surface area (Å²) in [5, 5.41) is 0. The number of aromatic nitrogens is 2. The van der Waals surface area contributed by atoms with Gasteiger partial charge in [0.25, 0.3) is 0 Å². The molecule has 3 heteroatoms. The molecule has 0 radical (unpaired) electrons. The van der Waals surface area contributed by atoms with Crippen LogP contribution in [0.25, 0.3) is 5.65 Å². The maximum absolute atomic E-state index is 6.21. The fraction of sp³-hybridized carbons (Fsp3) is 0.462. The highest BCUT2D eigenvalue weighted by atomic mass is 15.0. The predicted octanol–water partition coefficient (Wildman–Crippen LogP) is 2.75. The summed E-state index contributed by atoms with van der Waals surface area (Å²) in [4.78, 5) is 4.60. The molecule has 1 unspecified atom stereocenters. The zero-order valence-electron chi connectivity index (χ0n) is 10.2. The number of pyridine rings is 1. The van der Waals surface area contributed by atoms with E-state index in [2.05, 4.69) is 29.3 Å². The summed E-state index contributed by atoms with van der Waals surface area (Å²) in [7, 11) is 0. The third-order valence-electron chi connectivity index (χ3n) is 3.02. The van der Waals surface area contributed by atoms with Crippen molar-refractivity contribution in [3.63, 3.8) is 0 Å². The summed E-state index contributed by atoms with van der Waals surface area (Å²) in [6.45, 7) is 6.28. The molecular weight excluding hydrogens is 198 g/mol. The van der Waals surface area contributed by atoms with Gasteiger partial charge < -0.3 is 10.1 Å². The third-order valence-corrected chi connectivity index (χ3v) is 3.02. The molecule has 0 aliphatic heterocycles. The van der Waals surface area contributed by atoms with Crippen molar-refractivity contribution in [1.82, 2.24) is 9.38 Å². The molecule has 0 spiro atoms. The van der Waals surface area contributed by atoms with Crippen molar-refractivity contribution in [3.8, 4) is 0 Å². The largest absolute Gasteiger partial charge is 0.323 e. The average molecular weight is 217 g/mol. The highest BCUT2D eigenvalue weighted by Gasteiger charge is 2.15. The van der Waals surface area contributed by atoms with Gasteiger partial charge in [-0.05, 0) is 31.9 Å². The van der Waals surface area contributed by atoms with E-state index >= 15 is 0 Å². The Labute approximate surface area is 96.3 Å². The Kier molecular flexibility index (Phi) is 2.97. The van der Waals surface area contributed by atoms with Gasteiger partial charge in [-0.25, -0.2) is 4.98 Å². The number of fused-ring (bicyclic) bond motifs is 1. The first-order valence-corrected chi connectivity index (χ1v) is 5.85. The fourth-order valence-electron chi connectivity index (χ4n) is 2.23. The lowest BCUT2D eigenvalue weighted by Gasteiger charge is -2.11. The van der Waals surface area contributed by atoms with E-state index in [0.29, 0.717) is 0 Å². The number of aryl methyl sites for hydroxylation is 2. The molecule has 0 aliphatic rings. The minimum atomic E-state index is 0.0850. The van der Waals surface area contributed by atoms with Gasteiger partial charge in [0, 0.05) is 12.2 Å². The second-order valence-electron chi connectivity index (χ2n) is 4.36. The van der Waals surface area contributed by atoms with Crippen molar-refractivity contribution >= 4 is 5.65 Å². The fourth-order valence-corrected chi connectivity index (χ4v) is 2.23. The summed E-state index contributed by atoms with van der Waals surface area (Å²) in [5.41, 5.74) is 10.6. The number of hydrogen-bond acceptors (Lipinski definition) is 2. The molecule has 2 rings (SSSR count). The van der Waals surface area contributed by atoms with Crippen LogP contribution in [-0.4, -0.2) is 9.38 Å². The van der Waals surface area contributed by atoms with Crippen LogP contribution in [-0.2, 0) is 0 Å². The quantitative estimate of drug-likeness (QED) is 0.859. The van der Waals surface area contributed by atoms with Crippen LogP contribution in [0.1, 0.15) is 42.8 Å². The lowest BCUT2D eigenvalue weighted by Crippen LogP contribution is -2.13. The maximum Gasteiger partial charge on any atom is 0.140 e. The zero-order chi connectivity index (χ0) is 11.7. The van der Waals surface area contributed by atoms with Crippen molar-refractivity contribution in [2.75, 3.05) is 0 Å². The Morgan fingerprint density at radius 1 is 1.44 bits per heavy atom. The van der Waals surface area contributed by atoms with E-state index in [9.17, 15) is 0 Å². The van der Waals surface area contributed by atoms with Crippen LogP contribution in [0.4, 0.5) is 0 Å². The number of imidazole rings is 1. The molecule has 0 bridgehead atoms. The van der Waals surface area contributed by atoms with E-state index in [0.717, 1.165) is 29.9 Å². The molecule has 2 aromatic heterocycles. The number of nitrogens with zero attached hydrogens (tertiary/aromatic N) is 2. The normalized spacial score (nSPS) is 13.2. The molecule has 0 aliphatic carbocycles. The molecule has 2 heterocycles. The standard InChI is InChI=1S/C13H19N3/c1-4-6-11(14)12-10(3)15-13-9(2)7-5-8-16(12)13/h5,7-8,11H,4,6,14H2,1-3H3. The Bertz CT molecular complexity index is 499. The van der Waals surface area contributed by atoms with Gasteiger partial charge in [0.2, 0.25) is 0 Å². The lowest BCUT2D eigenvalue weighted by atomic mass is 10.1. The topological polar surface area (TPSA) is 43.3 Å². The molecule has 1 atom stereocenters. The number of hydrogen-bond donors (Lipinski definition) is 1. The molecule has 3 nitrogen and oxygen atoms in total. The molecule has 0 aromatic carbocycles. The van der Waals surface area contributed by atoms with E-state index in [1.54, 1.807) is 0 Å². The summed E-state index contributed by atoms with van der Waals surface area (Å²) in [5.74, 6) is 0. The molecule has 2 aromatic rings. The summed E-state index contributed by atoms with van der Waals surface area (Å²) in [6, 6.07) is 4.21. The van der Waals surface area contributed by atoms with E-state index in [4.69, 9.17) is 5.73 Å². The molecule has 2 N–H and O–H groups in total. The van der Waals surface area contributed by atoms with Crippen molar-refractivity contribution in [2.24, 2.45) is 5.73 Å². The maximum atomic E-state index is 6.21. The second-order valence-corrected chi connectivity index (χ2v) is 4.36. The molecule has 16 heavy (non-hydrogen) atoms. The summed E-state index contributed by atoms with van der Waals surface area (Å²) in [6.07, 6.45) is 4.15. The van der Waals surface area contributed by atoms with Gasteiger partial charge >= 0.3 is 0 Å². The van der Waals surface area contributed by atoms with Crippen LogP contribution in [0.2, 0.25) is 0 Å². The highest BCUT2D eigenvalue weighted by Crippen LogP contribution is 2.22. The monoisotopic (exact) mass is 217 g/mol. The first kappa shape index (κ1) is 11.1. The number of nitrogens with two attached hydrogens (primary N) is 1. The molecule has 0 amide bonds. The van der Waals surface area contributed by atoms with Crippen molar-refractivity contribution in [2.45, 2.75) is 39.7 Å². The van der Waals surface area contributed by atoms with Gasteiger partial charge in [0.1, 0.15) is 5.65 Å². The van der Waals surface area contributed by atoms with Gasteiger partial charge in [-0.2, -0.15) is 0 Å². The smallest absolute Gasteiger partial charge is 0.140 e. The van der Waals surface area contributed by atoms with Crippen LogP contribution in [0.3, 0.4) is 0 Å². The first-order chi connectivity index (χ1) is 7.65. The average Bonchev–Trinajstić information content (AvgIpc) is 2.56. The second kappa shape index (κ2) is 4.26. The predicted molar refractivity (Wildman–Crippen MR) is 66.5 cm³/mol. The Balaban J connectivity index is 2.60. The number of rotatable bonds is 3. The van der Waals surface area contributed by atoms with E-state index in [1.165, 1.54) is 5.56 Å². The molecular formula is C13H19N3. The summed E-state index contributed by atoms with van der Waals surface area (Å²) < 4.78 is 2.13. The Morgan fingerprint density at radius 2 is 2.19 bits per heavy atom. The minimum absolute atomic E-state index is 0.0850. The molecule has 0 saturated carbocycles. The lowest BCUT2D eigenvalue weighted by molar-refractivity contribution is 0.613. The van der Waals surface area contributed by atoms with E-state index in [1.807, 2.05) is 19.2 Å². The highest BCUT2D eigenvalue weighted by molar-refractivity contribution is 5.50. The van der Waals surface area contributed by atoms with Gasteiger partial charge in [0.15, 0.2) is 0 Å². The van der Waals surface area contributed by atoms with Gasteiger partial charge in [-0.15, -0.1) is 0 Å². The molecule has 86 valence electrons. The third kappa shape index (κ3) is 1.71. The van der Waals surface area contributed by atoms with E-state index < -0.39 is 0 Å². The minimum Gasteiger partial charge on any atom is -0.323 e. The summed E-state index contributed by atoms with van der Waals surface area (Å²) >= 11 is 0. The molecule has 0 saturated heterocycles. The van der Waals surface area contributed by atoms with Crippen molar-refractivity contribution in [3.05, 3.63) is 35.3 Å². The van der Waals surface area contributed by atoms with Gasteiger partial charge in [-0.1, -0.05) is 19.4 Å². The Hall–Kier alpha value is -1.35. The molecule has 0 fully saturated rings. The van der Waals surface area contributed by atoms with Crippen LogP contribution >= 0.6 is 0 Å².